The fourth-order valence-corrected chi connectivity index (χ4v) is 15.9. The molecule has 12 aromatic carbocycles. The molecule has 17 rings (SSSR count). The Morgan fingerprint density at radius 3 is 1.24 bits per heavy atom. The first-order valence-electron chi connectivity index (χ1n) is 35.4. The molecule has 19 nitrogen and oxygen atoms in total. The van der Waals surface area contributed by atoms with E-state index in [1.807, 2.05) is 120 Å². The Morgan fingerprint density at radius 2 is 0.807 bits per heavy atom. The molecule has 15 aromatic rings. The number of anilines is 2. The highest BCUT2D eigenvalue weighted by Gasteiger charge is 2.31. The number of phenolic OH excluding ortho intramolecular Hbond substituents is 1. The Kier molecular flexibility index (Phi) is 31.7. The minimum atomic E-state index is -1.02. The standard InChI is InChI=1S/C19H16BrNO4.C18H14BrNO4.C13H7Br2NO.C13H8Br2O3.C13H6Br2O2.C7H3BrFN.C6H5BrO/c1-24-19(23)11-7-8-21(10-11)12-5-6-13-16(9-12)25-18-14(17(13)22)3-2-4-15(18)20;19-14-3-1-2-13-16(21)12-5-4-11(8-15(12)24-17(13)14)20-7-6-10(9-20)18(22)23;14-10-6-5-9(8-16)13(7-10)17-12-4-2-1-3-11(12)15;14-8-5-6-9(13(16)17)12(7-8)18-11-4-2-1-3-10(11)15;14-7-4-5-8-11(6-7)17-13-9(12(8)16)2-1-3-10(13)15;8-6-2-1-5(4-10)7(9)3-6;7-5-3-1-2-4-6(5)8/h2-6,9,11H,7-8,10H2,1H3;1-5,8,10H,6-7,9H2,(H,22,23);1-7H;1-7H,(H,16,17);1-6H;1-3H;1-4,8H. The molecular formula is C89H59Br10FN4O15. The van der Waals surface area contributed by atoms with E-state index in [-0.39, 0.29) is 51.0 Å². The molecule has 0 spiro atoms. The maximum Gasteiger partial charge on any atom is 0.339 e. The summed E-state index contributed by atoms with van der Waals surface area (Å²) >= 11 is 33.2. The number of carboxylic acids is 2. The Morgan fingerprint density at radius 1 is 0.420 bits per heavy atom. The van der Waals surface area contributed by atoms with Crippen LogP contribution in [0.4, 0.5) is 15.8 Å². The van der Waals surface area contributed by atoms with Crippen LogP contribution in [0.25, 0.3) is 65.8 Å². The first-order chi connectivity index (χ1) is 57.1. The van der Waals surface area contributed by atoms with E-state index >= 15 is 0 Å². The number of rotatable bonds is 9. The van der Waals surface area contributed by atoms with Gasteiger partial charge in [-0.2, -0.15) is 10.5 Å². The zero-order chi connectivity index (χ0) is 85.3. The normalized spacial score (nSPS) is 13.1. The summed E-state index contributed by atoms with van der Waals surface area (Å²) in [4.78, 5) is 75.7. The number of carbonyl (C=O) groups is 3. The quantitative estimate of drug-likeness (QED) is 0.0894. The van der Waals surface area contributed by atoms with Crippen LogP contribution in [0.15, 0.2) is 309 Å². The summed E-state index contributed by atoms with van der Waals surface area (Å²) in [6.07, 6.45) is 1.39. The maximum atomic E-state index is 12.7. The van der Waals surface area contributed by atoms with Crippen molar-refractivity contribution in [2.75, 3.05) is 43.1 Å². The van der Waals surface area contributed by atoms with Gasteiger partial charge >= 0.3 is 17.9 Å². The number of methoxy groups -OCH3 is 1. The Labute approximate surface area is 761 Å². The van der Waals surface area contributed by atoms with Crippen molar-refractivity contribution in [2.24, 2.45) is 11.8 Å². The summed E-state index contributed by atoms with van der Waals surface area (Å²) < 4.78 is 54.2. The van der Waals surface area contributed by atoms with Gasteiger partial charge < -0.3 is 52.6 Å². The van der Waals surface area contributed by atoms with Gasteiger partial charge in [0.05, 0.1) is 89.2 Å². The molecule has 0 saturated carbocycles. The third-order valence-electron chi connectivity index (χ3n) is 18.1. The SMILES string of the molecule is COC(=O)C1CCN(c2ccc3c(=O)c4cccc(Br)c4oc3c2)C1.N#Cc1ccc(Br)cc1F.N#Cc1ccc(Br)cc1Oc1ccccc1Br.O=C(O)C1CCN(c2ccc3c(=O)c4cccc(Br)c4oc3c2)C1.O=C(O)c1ccc(Br)cc1Oc1ccccc1Br.O=c1c2ccc(Br)cc2oc2c(Br)cccc12.Oc1ccccc1Br. The molecule has 30 heteroatoms. The summed E-state index contributed by atoms with van der Waals surface area (Å²) in [7, 11) is 1.42. The van der Waals surface area contributed by atoms with E-state index in [0.29, 0.717) is 125 Å². The second-order valence-corrected chi connectivity index (χ2v) is 34.6. The number of hydrogen-bond donors (Lipinski definition) is 3. The van der Waals surface area contributed by atoms with Crippen molar-refractivity contribution >= 4 is 254 Å². The van der Waals surface area contributed by atoms with Crippen molar-refractivity contribution < 1.29 is 61.6 Å². The zero-order valence-electron chi connectivity index (χ0n) is 61.6. The summed E-state index contributed by atoms with van der Waals surface area (Å²) in [6.45, 7) is 2.54. The Hall–Kier alpha value is -9.83. The number of benzene rings is 12. The number of nitrogens with zero attached hydrogens (tertiary/aromatic N) is 4. The number of hydrogen-bond acceptors (Lipinski definition) is 17. The second kappa shape index (κ2) is 41.9. The first kappa shape index (κ1) is 89.9. The van der Waals surface area contributed by atoms with Crippen LogP contribution in [0.3, 0.4) is 0 Å². The molecule has 2 fully saturated rings. The molecule has 2 aliphatic rings. The van der Waals surface area contributed by atoms with Gasteiger partial charge in [0.15, 0.2) is 16.7 Å². The van der Waals surface area contributed by atoms with Crippen molar-refractivity contribution in [3.05, 3.63) is 334 Å². The molecular weight excluding hydrogens is 2180 g/mol. The van der Waals surface area contributed by atoms with Crippen molar-refractivity contribution in [1.82, 2.24) is 0 Å². The van der Waals surface area contributed by atoms with Crippen LogP contribution in [0.2, 0.25) is 0 Å². The summed E-state index contributed by atoms with van der Waals surface area (Å²) in [5, 5.41) is 47.8. The molecule has 3 aromatic heterocycles. The van der Waals surface area contributed by atoms with Crippen molar-refractivity contribution in [2.45, 2.75) is 12.8 Å². The third-order valence-corrected chi connectivity index (χ3v) is 24.0. The average Bonchev–Trinajstić information content (AvgIpc) is 1.59. The Balaban J connectivity index is 0.000000139. The fraction of sp³-hybridized carbons (Fsp3) is 0.101. The van der Waals surface area contributed by atoms with Crippen LogP contribution < -0.4 is 35.6 Å². The fourth-order valence-electron chi connectivity index (χ4n) is 12.2. The molecule has 119 heavy (non-hydrogen) atoms. The highest BCUT2D eigenvalue weighted by Crippen LogP contribution is 2.38. The molecule has 602 valence electrons. The zero-order valence-corrected chi connectivity index (χ0v) is 77.5. The molecule has 2 aliphatic heterocycles. The van der Waals surface area contributed by atoms with Gasteiger partial charge in [0.1, 0.15) is 69.0 Å². The predicted octanol–water partition coefficient (Wildman–Crippen LogP) is 26.0. The third kappa shape index (κ3) is 22.8. The molecule has 3 N–H and O–H groups in total. The van der Waals surface area contributed by atoms with E-state index in [4.69, 9.17) is 53.3 Å². The van der Waals surface area contributed by atoms with E-state index in [9.17, 15) is 33.2 Å². The van der Waals surface area contributed by atoms with Crippen LogP contribution in [0.5, 0.6) is 28.7 Å². The largest absolute Gasteiger partial charge is 0.507 e. The van der Waals surface area contributed by atoms with E-state index in [1.165, 1.54) is 25.3 Å². The molecule has 0 amide bonds. The lowest BCUT2D eigenvalue weighted by atomic mass is 10.1. The molecule has 0 radical (unpaired) electrons. The minimum Gasteiger partial charge on any atom is -0.507 e. The van der Waals surface area contributed by atoms with Gasteiger partial charge in [-0.05, 0) is 278 Å². The van der Waals surface area contributed by atoms with Crippen LogP contribution in [-0.4, -0.2) is 66.5 Å². The lowest BCUT2D eigenvalue weighted by Crippen LogP contribution is -2.23. The van der Waals surface area contributed by atoms with E-state index in [1.54, 1.807) is 109 Å². The van der Waals surface area contributed by atoms with Crippen LogP contribution in [0.1, 0.15) is 34.3 Å². The number of nitriles is 2. The maximum absolute atomic E-state index is 12.7. The number of esters is 1. The average molecular weight is 2240 g/mol. The van der Waals surface area contributed by atoms with E-state index in [0.717, 1.165) is 64.6 Å². The number of aromatic carboxylic acids is 1. The number of aliphatic carboxylic acids is 1. The number of phenols is 1. The van der Waals surface area contributed by atoms with Gasteiger partial charge in [-0.15, -0.1) is 0 Å². The minimum absolute atomic E-state index is 0.00458. The number of carboxylic acid groups (broad SMARTS) is 2. The summed E-state index contributed by atoms with van der Waals surface area (Å²) in [5.41, 5.74) is 5.70. The number of aromatic hydroxyl groups is 1. The molecule has 2 atom stereocenters. The molecule has 2 unspecified atom stereocenters. The summed E-state index contributed by atoms with van der Waals surface area (Å²) in [6, 6.07) is 72.7. The highest BCUT2D eigenvalue weighted by atomic mass is 79.9. The molecule has 0 aliphatic carbocycles. The van der Waals surface area contributed by atoms with E-state index < -0.39 is 17.8 Å². The van der Waals surface area contributed by atoms with Crippen molar-refractivity contribution in [1.29, 1.82) is 10.5 Å². The summed E-state index contributed by atoms with van der Waals surface area (Å²) in [5.74, 6) is -0.548. The predicted molar refractivity (Wildman–Crippen MR) is 494 cm³/mol. The Bertz CT molecular complexity index is 6640. The lowest BCUT2D eigenvalue weighted by Gasteiger charge is -2.18. The van der Waals surface area contributed by atoms with Gasteiger partial charge in [0, 0.05) is 67.6 Å². The van der Waals surface area contributed by atoms with Gasteiger partial charge in [-0.3, -0.25) is 24.0 Å². The monoisotopic (exact) mass is 2230 g/mol. The van der Waals surface area contributed by atoms with Crippen molar-refractivity contribution in [3.8, 4) is 40.9 Å². The van der Waals surface area contributed by atoms with Gasteiger partial charge in [0.25, 0.3) is 0 Å². The number of carbonyl (C=O) groups excluding carboxylic acids is 1. The van der Waals surface area contributed by atoms with Crippen LogP contribution in [0, 0.1) is 40.3 Å². The van der Waals surface area contributed by atoms with Crippen LogP contribution >= 0.6 is 159 Å². The first-order valence-corrected chi connectivity index (χ1v) is 43.3. The van der Waals surface area contributed by atoms with E-state index in [2.05, 4.69) is 170 Å². The van der Waals surface area contributed by atoms with Gasteiger partial charge in [-0.1, -0.05) is 118 Å². The van der Waals surface area contributed by atoms with Crippen molar-refractivity contribution in [3.63, 3.8) is 0 Å². The topological polar surface area (TPSA) is 284 Å². The number of fused-ring (bicyclic) bond motifs is 6. The number of para-hydroxylation sites is 6. The highest BCUT2D eigenvalue weighted by molar-refractivity contribution is 9.12. The van der Waals surface area contributed by atoms with Gasteiger partial charge in [0.2, 0.25) is 16.3 Å². The van der Waals surface area contributed by atoms with Crippen LogP contribution in [-0.2, 0) is 14.3 Å². The molecule has 2 saturated heterocycles. The number of ether oxygens (including phenoxy) is 3. The smallest absolute Gasteiger partial charge is 0.339 e. The molecule has 0 bridgehead atoms. The van der Waals surface area contributed by atoms with Gasteiger partial charge in [-0.25, -0.2) is 9.18 Å². The lowest BCUT2D eigenvalue weighted by molar-refractivity contribution is -0.144. The molecule has 5 heterocycles. The second-order valence-electron chi connectivity index (χ2n) is 25.8. The number of halogens is 11.